The number of aliphatic hydroxyl groups excluding tert-OH is 1. The van der Waals surface area contributed by atoms with E-state index in [-0.39, 0.29) is 25.7 Å². The summed E-state index contributed by atoms with van der Waals surface area (Å²) in [4.78, 5) is 72.8. The second-order valence-electron chi connectivity index (χ2n) is 29.8. The molecule has 97 heavy (non-hydrogen) atoms. The minimum Gasteiger partial charge on any atom is -0.462 e. The molecule has 0 aliphatic rings. The molecule has 0 bridgehead atoms. The highest BCUT2D eigenvalue weighted by molar-refractivity contribution is 7.47. The Balaban J connectivity index is 5.21. The van der Waals surface area contributed by atoms with Crippen molar-refractivity contribution in [1.29, 1.82) is 0 Å². The smallest absolute Gasteiger partial charge is 0.462 e. The maximum Gasteiger partial charge on any atom is 0.472 e. The lowest BCUT2D eigenvalue weighted by molar-refractivity contribution is -0.161. The fourth-order valence-electron chi connectivity index (χ4n) is 11.9. The molecule has 3 N–H and O–H groups in total. The average molecular weight is 1420 g/mol. The Morgan fingerprint density at radius 3 is 0.732 bits per heavy atom. The summed E-state index contributed by atoms with van der Waals surface area (Å²) in [7, 11) is -9.91. The van der Waals surface area contributed by atoms with Gasteiger partial charge >= 0.3 is 39.5 Å². The number of ether oxygens (including phenoxy) is 4. The molecule has 0 amide bonds. The van der Waals surface area contributed by atoms with Crippen LogP contribution in [0.3, 0.4) is 0 Å². The van der Waals surface area contributed by atoms with Crippen molar-refractivity contribution in [2.45, 2.75) is 414 Å². The van der Waals surface area contributed by atoms with E-state index in [0.29, 0.717) is 31.6 Å². The molecule has 19 heteroatoms. The molecule has 0 aromatic rings. The Morgan fingerprint density at radius 1 is 0.289 bits per heavy atom. The second kappa shape index (κ2) is 67.2. The molecule has 0 fully saturated rings. The maximum atomic E-state index is 13.1. The Morgan fingerprint density at radius 2 is 0.495 bits per heavy atom. The van der Waals surface area contributed by atoms with Crippen LogP contribution >= 0.6 is 15.6 Å². The highest BCUT2D eigenvalue weighted by atomic mass is 31.2. The molecule has 576 valence electrons. The van der Waals surface area contributed by atoms with Gasteiger partial charge in [0.1, 0.15) is 19.3 Å². The summed E-state index contributed by atoms with van der Waals surface area (Å²) in [6.07, 6.45) is 53.0. The SMILES string of the molecule is CCC(C)CCCCCCCCCCCCCCCCC(=O)O[C@H](COC(=O)CCCCCCCCCCCCCCCCCCC(C)C)COP(=O)(O)OCC(O)COP(=O)(O)OC[C@@H](COC(=O)CCCCCCCCCCC(C)C)OC(=O)CCCCCCCCC(C)C. The molecular formula is C78H152O17P2. The summed E-state index contributed by atoms with van der Waals surface area (Å²) in [6, 6.07) is 0. The topological polar surface area (TPSA) is 237 Å². The molecular weight excluding hydrogens is 1270 g/mol. The quantitative estimate of drug-likeness (QED) is 0.0222. The number of carbonyl (C=O) groups is 4. The molecule has 0 rings (SSSR count). The van der Waals surface area contributed by atoms with Crippen LogP contribution in [0.15, 0.2) is 0 Å². The van der Waals surface area contributed by atoms with E-state index in [9.17, 15) is 43.2 Å². The first-order valence-corrected chi connectivity index (χ1v) is 43.2. The summed E-state index contributed by atoms with van der Waals surface area (Å²) < 4.78 is 68.5. The predicted octanol–water partition coefficient (Wildman–Crippen LogP) is 22.8. The zero-order valence-electron chi connectivity index (χ0n) is 63.7. The van der Waals surface area contributed by atoms with Crippen molar-refractivity contribution in [2.24, 2.45) is 23.7 Å². The number of phosphoric acid groups is 2. The zero-order chi connectivity index (χ0) is 71.7. The molecule has 0 radical (unpaired) electrons. The van der Waals surface area contributed by atoms with E-state index < -0.39 is 97.5 Å². The molecule has 0 aliphatic heterocycles. The lowest BCUT2D eigenvalue weighted by atomic mass is 9.99. The van der Waals surface area contributed by atoms with Gasteiger partial charge in [0, 0.05) is 25.7 Å². The Hall–Kier alpha value is -1.94. The van der Waals surface area contributed by atoms with E-state index in [4.69, 9.17) is 37.0 Å². The number of unbranched alkanes of at least 4 members (excludes halogenated alkanes) is 40. The van der Waals surface area contributed by atoms with Crippen molar-refractivity contribution in [3.05, 3.63) is 0 Å². The number of carbonyl (C=O) groups excluding carboxylic acids is 4. The second-order valence-corrected chi connectivity index (χ2v) is 32.7. The van der Waals surface area contributed by atoms with Crippen LogP contribution in [-0.4, -0.2) is 96.7 Å². The van der Waals surface area contributed by atoms with Gasteiger partial charge in [0.2, 0.25) is 0 Å². The minimum atomic E-state index is -4.96. The maximum absolute atomic E-state index is 13.1. The lowest BCUT2D eigenvalue weighted by Crippen LogP contribution is -2.30. The third-order valence-corrected chi connectivity index (χ3v) is 20.3. The first-order chi connectivity index (χ1) is 46.6. The van der Waals surface area contributed by atoms with Gasteiger partial charge in [0.05, 0.1) is 26.4 Å². The van der Waals surface area contributed by atoms with Gasteiger partial charge in [-0.25, -0.2) is 9.13 Å². The molecule has 0 aromatic carbocycles. The van der Waals surface area contributed by atoms with Crippen molar-refractivity contribution in [1.82, 2.24) is 0 Å². The third-order valence-electron chi connectivity index (χ3n) is 18.4. The van der Waals surface area contributed by atoms with Crippen LogP contribution in [0.25, 0.3) is 0 Å². The van der Waals surface area contributed by atoms with Gasteiger partial charge in [-0.1, -0.05) is 344 Å². The monoisotopic (exact) mass is 1420 g/mol. The number of hydrogen-bond acceptors (Lipinski definition) is 15. The largest absolute Gasteiger partial charge is 0.472 e. The van der Waals surface area contributed by atoms with E-state index in [1.807, 2.05) is 0 Å². The van der Waals surface area contributed by atoms with Crippen LogP contribution in [0.2, 0.25) is 0 Å². The van der Waals surface area contributed by atoms with Gasteiger partial charge in [-0.2, -0.15) is 0 Å². The molecule has 6 atom stereocenters. The average Bonchev–Trinajstić information content (AvgIpc) is 1.27. The number of rotatable bonds is 75. The molecule has 17 nitrogen and oxygen atoms in total. The summed E-state index contributed by atoms with van der Waals surface area (Å²) in [5.74, 6) is 0.931. The molecule has 0 aliphatic carbocycles. The van der Waals surface area contributed by atoms with Crippen molar-refractivity contribution >= 4 is 39.5 Å². The van der Waals surface area contributed by atoms with Crippen LogP contribution in [0, 0.1) is 23.7 Å². The van der Waals surface area contributed by atoms with Gasteiger partial charge in [-0.15, -0.1) is 0 Å². The predicted molar refractivity (Wildman–Crippen MR) is 395 cm³/mol. The number of esters is 4. The standard InChI is InChI=1S/C78H152O17P2/c1-9-71(8)57-49-41-32-25-21-17-14-15-19-23-27-35-44-52-60-77(82)94-73(64-88-75(80)58-50-42-33-26-22-18-13-11-10-12-16-20-24-30-38-46-54-68(2)3)66-92-96(84,85)90-62-72(79)63-91-97(86,87)93-67-74(95-78(83)61-53-45-37-36-40-48-56-70(6)7)65-89-76(81)59-51-43-34-29-28-31-39-47-55-69(4)5/h68-74,79H,9-67H2,1-8H3,(H,84,85)(H,86,87)/t71?,72?,73-,74-/m1/s1. The van der Waals surface area contributed by atoms with Gasteiger partial charge in [0.25, 0.3) is 0 Å². The highest BCUT2D eigenvalue weighted by Gasteiger charge is 2.30. The number of phosphoric ester groups is 2. The van der Waals surface area contributed by atoms with Crippen molar-refractivity contribution < 1.29 is 80.2 Å². The summed E-state index contributed by atoms with van der Waals surface area (Å²) >= 11 is 0. The van der Waals surface area contributed by atoms with E-state index in [0.717, 1.165) is 108 Å². The van der Waals surface area contributed by atoms with E-state index in [1.165, 1.54) is 199 Å². The summed E-state index contributed by atoms with van der Waals surface area (Å²) in [6.45, 7) is 14.2. The van der Waals surface area contributed by atoms with Crippen molar-refractivity contribution in [3.8, 4) is 0 Å². The Kier molecular flexibility index (Phi) is 65.9. The number of aliphatic hydroxyl groups is 1. The van der Waals surface area contributed by atoms with Crippen molar-refractivity contribution in [2.75, 3.05) is 39.6 Å². The van der Waals surface area contributed by atoms with Gasteiger partial charge < -0.3 is 33.8 Å². The van der Waals surface area contributed by atoms with E-state index in [2.05, 4.69) is 55.4 Å². The molecule has 0 saturated carbocycles. The molecule has 0 aromatic heterocycles. The first-order valence-electron chi connectivity index (χ1n) is 40.2. The summed E-state index contributed by atoms with van der Waals surface area (Å²) in [5.41, 5.74) is 0. The van der Waals surface area contributed by atoms with Crippen LogP contribution in [-0.2, 0) is 65.4 Å². The van der Waals surface area contributed by atoms with E-state index >= 15 is 0 Å². The molecule has 0 spiro atoms. The lowest BCUT2D eigenvalue weighted by Gasteiger charge is -2.21. The number of hydrogen-bond donors (Lipinski definition) is 3. The van der Waals surface area contributed by atoms with E-state index in [1.54, 1.807) is 0 Å². The zero-order valence-corrected chi connectivity index (χ0v) is 65.5. The summed E-state index contributed by atoms with van der Waals surface area (Å²) in [5, 5.41) is 10.6. The van der Waals surface area contributed by atoms with Crippen LogP contribution in [0.5, 0.6) is 0 Å². The Labute approximate surface area is 594 Å². The first kappa shape index (κ1) is 95.1. The van der Waals surface area contributed by atoms with Gasteiger partial charge in [0.15, 0.2) is 12.2 Å². The molecule has 0 heterocycles. The fraction of sp³-hybridized carbons (Fsp3) is 0.949. The minimum absolute atomic E-state index is 0.101. The molecule has 4 unspecified atom stereocenters. The van der Waals surface area contributed by atoms with Crippen LogP contribution in [0.1, 0.15) is 396 Å². The fourth-order valence-corrected chi connectivity index (χ4v) is 13.5. The van der Waals surface area contributed by atoms with Gasteiger partial charge in [-0.3, -0.25) is 37.3 Å². The highest BCUT2D eigenvalue weighted by Crippen LogP contribution is 2.45. The van der Waals surface area contributed by atoms with Gasteiger partial charge in [-0.05, 0) is 49.4 Å². The van der Waals surface area contributed by atoms with Crippen LogP contribution in [0.4, 0.5) is 0 Å². The van der Waals surface area contributed by atoms with Crippen LogP contribution < -0.4 is 0 Å². The van der Waals surface area contributed by atoms with Crippen molar-refractivity contribution in [3.63, 3.8) is 0 Å². The third kappa shape index (κ3) is 70.9. The molecule has 0 saturated heterocycles. The Bertz CT molecular complexity index is 1900. The normalized spacial score (nSPS) is 14.4.